The van der Waals surface area contributed by atoms with Crippen LogP contribution in [0.5, 0.6) is 0 Å². The van der Waals surface area contributed by atoms with Gasteiger partial charge in [0, 0.05) is 57.7 Å². The van der Waals surface area contributed by atoms with Gasteiger partial charge in [-0.25, -0.2) is 0 Å². The maximum Gasteiger partial charge on any atom is 0.0967 e. The van der Waals surface area contributed by atoms with Crippen LogP contribution in [0.25, 0.3) is 0 Å². The number of aliphatic hydroxyl groups is 1. The first kappa shape index (κ1) is 17.3. The summed E-state index contributed by atoms with van der Waals surface area (Å²) < 4.78 is 3.74. The van der Waals surface area contributed by atoms with Crippen LogP contribution in [-0.2, 0) is 33.1 Å². The fraction of sp³-hybridized carbons (Fsp3) is 0.389. The van der Waals surface area contributed by atoms with E-state index >= 15 is 0 Å². The lowest BCUT2D eigenvalue weighted by atomic mass is 10.2. The summed E-state index contributed by atoms with van der Waals surface area (Å²) >= 11 is 0. The number of aromatic nitrogens is 5. The highest BCUT2D eigenvalue weighted by Gasteiger charge is 2.10. The minimum Gasteiger partial charge on any atom is -0.395 e. The van der Waals surface area contributed by atoms with Crippen molar-refractivity contribution >= 4 is 0 Å². The second-order valence-electron chi connectivity index (χ2n) is 6.09. The molecule has 2 aromatic heterocycles. The van der Waals surface area contributed by atoms with Gasteiger partial charge in [0.1, 0.15) is 0 Å². The quantitative estimate of drug-likeness (QED) is 0.635. The molecule has 3 rings (SSSR count). The summed E-state index contributed by atoms with van der Waals surface area (Å²) in [6, 6.07) is 12.3. The molecule has 0 aliphatic carbocycles. The smallest absolute Gasteiger partial charge is 0.0967 e. The van der Waals surface area contributed by atoms with E-state index in [1.54, 1.807) is 6.20 Å². The Morgan fingerprint density at radius 3 is 2.68 bits per heavy atom. The SMILES string of the molecule is Cn1nccc1CCn1cc(CN(CCO)Cc2ccccc2)nn1. The normalized spacial score (nSPS) is 11.3. The van der Waals surface area contributed by atoms with E-state index in [4.69, 9.17) is 0 Å². The van der Waals surface area contributed by atoms with Crippen molar-refractivity contribution in [2.45, 2.75) is 26.1 Å². The third-order valence-corrected chi connectivity index (χ3v) is 4.16. The van der Waals surface area contributed by atoms with E-state index in [9.17, 15) is 5.11 Å². The van der Waals surface area contributed by atoms with E-state index in [1.807, 2.05) is 46.9 Å². The zero-order chi connectivity index (χ0) is 17.5. The Balaban J connectivity index is 1.57. The average molecular weight is 340 g/mol. The minimum absolute atomic E-state index is 0.126. The lowest BCUT2D eigenvalue weighted by Crippen LogP contribution is -2.26. The summed E-state index contributed by atoms with van der Waals surface area (Å²) in [5.74, 6) is 0. The van der Waals surface area contributed by atoms with Gasteiger partial charge in [0.15, 0.2) is 0 Å². The molecule has 0 saturated carbocycles. The first-order valence-electron chi connectivity index (χ1n) is 8.47. The largest absolute Gasteiger partial charge is 0.395 e. The Labute approximate surface area is 147 Å². The maximum absolute atomic E-state index is 9.32. The average Bonchev–Trinajstić information content (AvgIpc) is 3.23. The number of aryl methyl sites for hydroxylation is 3. The van der Waals surface area contributed by atoms with Gasteiger partial charge in [0.05, 0.1) is 12.3 Å². The van der Waals surface area contributed by atoms with E-state index in [0.29, 0.717) is 13.1 Å². The van der Waals surface area contributed by atoms with Gasteiger partial charge in [0.2, 0.25) is 0 Å². The number of rotatable bonds is 9. The molecule has 0 radical (unpaired) electrons. The highest BCUT2D eigenvalue weighted by Crippen LogP contribution is 2.08. The van der Waals surface area contributed by atoms with Crippen LogP contribution in [0.1, 0.15) is 17.0 Å². The monoisotopic (exact) mass is 340 g/mol. The zero-order valence-electron chi connectivity index (χ0n) is 14.5. The van der Waals surface area contributed by atoms with Crippen molar-refractivity contribution in [1.29, 1.82) is 0 Å². The summed E-state index contributed by atoms with van der Waals surface area (Å²) in [5.41, 5.74) is 3.30. The molecule has 7 nitrogen and oxygen atoms in total. The van der Waals surface area contributed by atoms with Gasteiger partial charge >= 0.3 is 0 Å². The Bertz CT molecular complexity index is 767. The van der Waals surface area contributed by atoms with Gasteiger partial charge in [-0.15, -0.1) is 5.10 Å². The molecule has 0 bridgehead atoms. The van der Waals surface area contributed by atoms with Gasteiger partial charge in [-0.1, -0.05) is 35.5 Å². The Hall–Kier alpha value is -2.51. The highest BCUT2D eigenvalue weighted by molar-refractivity contribution is 5.14. The molecule has 0 aliphatic rings. The van der Waals surface area contributed by atoms with E-state index in [1.165, 1.54) is 11.3 Å². The molecule has 0 atom stereocenters. The van der Waals surface area contributed by atoms with Crippen molar-refractivity contribution in [3.8, 4) is 0 Å². The first-order valence-corrected chi connectivity index (χ1v) is 8.47. The van der Waals surface area contributed by atoms with Gasteiger partial charge in [0.25, 0.3) is 0 Å². The molecule has 0 unspecified atom stereocenters. The molecule has 1 aromatic carbocycles. The van der Waals surface area contributed by atoms with Gasteiger partial charge in [-0.3, -0.25) is 14.3 Å². The van der Waals surface area contributed by atoms with Crippen LogP contribution < -0.4 is 0 Å². The minimum atomic E-state index is 0.126. The standard InChI is InChI=1S/C18H24N6O/c1-22-18(7-9-19-22)8-10-24-15-17(20-21-24)14-23(11-12-25)13-16-5-3-2-4-6-16/h2-7,9,15,25H,8,10-14H2,1H3. The molecule has 0 fully saturated rings. The highest BCUT2D eigenvalue weighted by atomic mass is 16.3. The van der Waals surface area contributed by atoms with Crippen LogP contribution in [0, 0.1) is 0 Å². The Morgan fingerprint density at radius 2 is 1.96 bits per heavy atom. The third kappa shape index (κ3) is 4.98. The fourth-order valence-corrected chi connectivity index (χ4v) is 2.82. The molecule has 0 aliphatic heterocycles. The van der Waals surface area contributed by atoms with Crippen LogP contribution in [0.3, 0.4) is 0 Å². The van der Waals surface area contributed by atoms with Crippen molar-refractivity contribution in [2.24, 2.45) is 7.05 Å². The van der Waals surface area contributed by atoms with Crippen molar-refractivity contribution in [2.75, 3.05) is 13.2 Å². The second kappa shape index (κ2) is 8.55. The summed E-state index contributed by atoms with van der Waals surface area (Å²) in [6.07, 6.45) is 4.65. The molecule has 1 N–H and O–H groups in total. The van der Waals surface area contributed by atoms with Crippen LogP contribution >= 0.6 is 0 Å². The van der Waals surface area contributed by atoms with E-state index in [2.05, 4.69) is 32.4 Å². The van der Waals surface area contributed by atoms with Crippen molar-refractivity contribution in [3.63, 3.8) is 0 Å². The number of benzene rings is 1. The van der Waals surface area contributed by atoms with Crippen LogP contribution in [0.4, 0.5) is 0 Å². The van der Waals surface area contributed by atoms with E-state index < -0.39 is 0 Å². The lowest BCUT2D eigenvalue weighted by molar-refractivity contribution is 0.183. The molecule has 3 aromatic rings. The fourth-order valence-electron chi connectivity index (χ4n) is 2.82. The van der Waals surface area contributed by atoms with Crippen molar-refractivity contribution < 1.29 is 5.11 Å². The summed E-state index contributed by atoms with van der Waals surface area (Å²) in [6.45, 7) is 2.95. The molecular formula is C18H24N6O. The Kier molecular flexibility index (Phi) is 5.92. The first-order chi connectivity index (χ1) is 12.2. The van der Waals surface area contributed by atoms with Crippen LogP contribution in [0.15, 0.2) is 48.8 Å². The van der Waals surface area contributed by atoms with Gasteiger partial charge in [-0.2, -0.15) is 5.10 Å². The van der Waals surface area contributed by atoms with Gasteiger partial charge < -0.3 is 5.11 Å². The lowest BCUT2D eigenvalue weighted by Gasteiger charge is -2.20. The molecular weight excluding hydrogens is 316 g/mol. The number of aliphatic hydroxyl groups excluding tert-OH is 1. The van der Waals surface area contributed by atoms with Crippen molar-refractivity contribution in [1.82, 2.24) is 29.7 Å². The van der Waals surface area contributed by atoms with Crippen molar-refractivity contribution in [3.05, 3.63) is 65.7 Å². The summed E-state index contributed by atoms with van der Waals surface area (Å²) in [5, 5.41) is 22.0. The predicted octanol–water partition coefficient (Wildman–Crippen LogP) is 1.25. The number of hydrogen-bond donors (Lipinski definition) is 1. The number of nitrogens with zero attached hydrogens (tertiary/aromatic N) is 6. The third-order valence-electron chi connectivity index (χ3n) is 4.16. The molecule has 0 amide bonds. The number of hydrogen-bond acceptors (Lipinski definition) is 5. The maximum atomic E-state index is 9.32. The predicted molar refractivity (Wildman–Crippen MR) is 94.6 cm³/mol. The molecule has 25 heavy (non-hydrogen) atoms. The zero-order valence-corrected chi connectivity index (χ0v) is 14.5. The van der Waals surface area contributed by atoms with Gasteiger partial charge in [-0.05, 0) is 11.6 Å². The summed E-state index contributed by atoms with van der Waals surface area (Å²) in [4.78, 5) is 2.17. The second-order valence-corrected chi connectivity index (χ2v) is 6.09. The van der Waals surface area contributed by atoms with E-state index in [0.717, 1.165) is 25.2 Å². The molecule has 132 valence electrons. The molecule has 2 heterocycles. The van der Waals surface area contributed by atoms with Crippen LogP contribution in [0.2, 0.25) is 0 Å². The molecule has 7 heteroatoms. The topological polar surface area (TPSA) is 72.0 Å². The Morgan fingerprint density at radius 1 is 1.12 bits per heavy atom. The molecule has 0 spiro atoms. The van der Waals surface area contributed by atoms with Crippen LogP contribution in [-0.4, -0.2) is 47.9 Å². The summed E-state index contributed by atoms with van der Waals surface area (Å²) in [7, 11) is 1.94. The molecule has 0 saturated heterocycles. The van der Waals surface area contributed by atoms with E-state index in [-0.39, 0.29) is 6.61 Å².